The predicted molar refractivity (Wildman–Crippen MR) is 55.1 cm³/mol. The van der Waals surface area contributed by atoms with Crippen molar-refractivity contribution in [2.75, 3.05) is 6.54 Å². The van der Waals surface area contributed by atoms with Crippen LogP contribution < -0.4 is 0 Å². The molecule has 3 nitrogen and oxygen atoms in total. The summed E-state index contributed by atoms with van der Waals surface area (Å²) in [6.07, 6.45) is 0.600. The van der Waals surface area contributed by atoms with E-state index in [9.17, 15) is 4.79 Å². The van der Waals surface area contributed by atoms with Crippen molar-refractivity contribution in [2.45, 2.75) is 27.2 Å². The van der Waals surface area contributed by atoms with Crippen molar-refractivity contribution in [1.82, 2.24) is 0 Å². The molecule has 0 aliphatic heterocycles. The highest BCUT2D eigenvalue weighted by Crippen LogP contribution is 2.26. The molecule has 0 amide bonds. The van der Waals surface area contributed by atoms with Crippen LogP contribution >= 0.6 is 12.2 Å². The van der Waals surface area contributed by atoms with Gasteiger partial charge in [0.05, 0.1) is 17.1 Å². The molecule has 0 aromatic rings. The first-order valence-electron chi connectivity index (χ1n) is 4.19. The zero-order valence-electron chi connectivity index (χ0n) is 8.20. The van der Waals surface area contributed by atoms with E-state index in [1.54, 1.807) is 6.92 Å². The van der Waals surface area contributed by atoms with E-state index in [2.05, 4.69) is 22.4 Å². The monoisotopic (exact) mass is 201 g/mol. The number of carboxylic acid groups (broad SMARTS) is 1. The standard InChI is InChI=1S/C9H15NO2S/c1-7(2)4-9(3,8(11)12)5-10-6-13/h7H,4-5H2,1-3H3,(H,11,12). The molecule has 4 heteroatoms. The maximum Gasteiger partial charge on any atom is 0.311 e. The van der Waals surface area contributed by atoms with Gasteiger partial charge >= 0.3 is 5.97 Å². The van der Waals surface area contributed by atoms with Gasteiger partial charge in [-0.15, -0.1) is 0 Å². The number of aliphatic carboxylic acids is 1. The molecule has 1 N–H and O–H groups in total. The lowest BCUT2D eigenvalue weighted by molar-refractivity contribution is -0.148. The van der Waals surface area contributed by atoms with Crippen LogP contribution in [0.2, 0.25) is 0 Å². The second kappa shape index (κ2) is 5.10. The topological polar surface area (TPSA) is 49.7 Å². The predicted octanol–water partition coefficient (Wildman–Crippen LogP) is 2.23. The minimum atomic E-state index is -0.824. The highest BCUT2D eigenvalue weighted by Gasteiger charge is 2.33. The maximum absolute atomic E-state index is 10.9. The number of aliphatic imine (C=N–C) groups is 1. The molecule has 0 saturated carbocycles. The van der Waals surface area contributed by atoms with Gasteiger partial charge in [0, 0.05) is 0 Å². The van der Waals surface area contributed by atoms with Crippen LogP contribution in [0.3, 0.4) is 0 Å². The van der Waals surface area contributed by atoms with Gasteiger partial charge in [-0.05, 0) is 31.5 Å². The molecule has 0 rings (SSSR count). The van der Waals surface area contributed by atoms with Gasteiger partial charge in [-0.3, -0.25) is 4.79 Å². The van der Waals surface area contributed by atoms with Crippen LogP contribution in [-0.2, 0) is 4.79 Å². The van der Waals surface area contributed by atoms with E-state index in [1.807, 2.05) is 13.8 Å². The minimum absolute atomic E-state index is 0.212. The largest absolute Gasteiger partial charge is 0.481 e. The lowest BCUT2D eigenvalue weighted by atomic mass is 9.82. The Kier molecular flexibility index (Phi) is 4.81. The van der Waals surface area contributed by atoms with Gasteiger partial charge in [-0.1, -0.05) is 13.8 Å². The molecule has 0 radical (unpaired) electrons. The molecule has 0 aliphatic carbocycles. The summed E-state index contributed by atoms with van der Waals surface area (Å²) >= 11 is 4.41. The highest BCUT2D eigenvalue weighted by molar-refractivity contribution is 7.78. The quantitative estimate of drug-likeness (QED) is 0.548. The smallest absolute Gasteiger partial charge is 0.311 e. The first-order chi connectivity index (χ1) is 5.92. The van der Waals surface area contributed by atoms with Crippen molar-refractivity contribution in [3.05, 3.63) is 0 Å². The fraction of sp³-hybridized carbons (Fsp3) is 0.778. The summed E-state index contributed by atoms with van der Waals surface area (Å²) in [6, 6.07) is 0. The Balaban J connectivity index is 4.51. The third-order valence-electron chi connectivity index (χ3n) is 1.87. The molecule has 0 spiro atoms. The number of isothiocyanates is 1. The Bertz CT molecular complexity index is 234. The number of carboxylic acids is 1. The van der Waals surface area contributed by atoms with Crippen molar-refractivity contribution >= 4 is 23.3 Å². The van der Waals surface area contributed by atoms with Gasteiger partial charge < -0.3 is 5.11 Å². The van der Waals surface area contributed by atoms with Crippen LogP contribution in [0.25, 0.3) is 0 Å². The molecule has 13 heavy (non-hydrogen) atoms. The SMILES string of the molecule is CC(C)CC(C)(CN=C=S)C(=O)O. The maximum atomic E-state index is 10.9. The second-order valence-corrected chi connectivity index (χ2v) is 4.05. The van der Waals surface area contributed by atoms with E-state index < -0.39 is 11.4 Å². The van der Waals surface area contributed by atoms with E-state index >= 15 is 0 Å². The van der Waals surface area contributed by atoms with Crippen LogP contribution in [0.15, 0.2) is 4.99 Å². The van der Waals surface area contributed by atoms with Gasteiger partial charge in [0.1, 0.15) is 0 Å². The molecule has 0 aromatic carbocycles. The van der Waals surface area contributed by atoms with E-state index in [0.29, 0.717) is 12.3 Å². The summed E-state index contributed by atoms with van der Waals surface area (Å²) in [4.78, 5) is 14.6. The Morgan fingerprint density at radius 2 is 2.23 bits per heavy atom. The average molecular weight is 201 g/mol. The Morgan fingerprint density at radius 1 is 1.69 bits per heavy atom. The number of nitrogens with zero attached hydrogens (tertiary/aromatic N) is 1. The Hall–Kier alpha value is -0.730. The average Bonchev–Trinajstić information content (AvgIpc) is 1.99. The normalized spacial score (nSPS) is 14.8. The summed E-state index contributed by atoms with van der Waals surface area (Å²) in [5.74, 6) is -0.489. The highest BCUT2D eigenvalue weighted by atomic mass is 32.1. The lowest BCUT2D eigenvalue weighted by Gasteiger charge is -2.23. The zero-order chi connectivity index (χ0) is 10.5. The fourth-order valence-corrected chi connectivity index (χ4v) is 1.39. The molecule has 0 saturated heterocycles. The van der Waals surface area contributed by atoms with Crippen molar-refractivity contribution in [3.63, 3.8) is 0 Å². The third kappa shape index (κ3) is 4.15. The first-order valence-corrected chi connectivity index (χ1v) is 4.60. The van der Waals surface area contributed by atoms with E-state index in [0.717, 1.165) is 0 Å². The Morgan fingerprint density at radius 3 is 2.54 bits per heavy atom. The molecule has 1 atom stereocenters. The van der Waals surface area contributed by atoms with Crippen molar-refractivity contribution in [1.29, 1.82) is 0 Å². The minimum Gasteiger partial charge on any atom is -0.481 e. The van der Waals surface area contributed by atoms with Crippen molar-refractivity contribution in [2.24, 2.45) is 16.3 Å². The fourth-order valence-electron chi connectivity index (χ4n) is 1.33. The molecular formula is C9H15NO2S. The molecule has 0 heterocycles. The van der Waals surface area contributed by atoms with Crippen LogP contribution in [0.4, 0.5) is 0 Å². The summed E-state index contributed by atoms with van der Waals surface area (Å²) in [5.41, 5.74) is -0.806. The van der Waals surface area contributed by atoms with Gasteiger partial charge in [0.25, 0.3) is 0 Å². The number of hydrogen-bond acceptors (Lipinski definition) is 3. The second-order valence-electron chi connectivity index (χ2n) is 3.87. The number of thiocarbonyl (C=S) groups is 1. The molecular weight excluding hydrogens is 186 g/mol. The summed E-state index contributed by atoms with van der Waals surface area (Å²) in [7, 11) is 0. The van der Waals surface area contributed by atoms with Gasteiger partial charge in [-0.25, -0.2) is 4.99 Å². The number of rotatable bonds is 5. The van der Waals surface area contributed by atoms with Crippen LogP contribution in [0.5, 0.6) is 0 Å². The number of hydrogen-bond donors (Lipinski definition) is 1. The van der Waals surface area contributed by atoms with E-state index in [-0.39, 0.29) is 6.54 Å². The molecule has 0 aromatic heterocycles. The lowest BCUT2D eigenvalue weighted by Crippen LogP contribution is -2.32. The molecule has 0 aliphatic rings. The van der Waals surface area contributed by atoms with Crippen LogP contribution in [-0.4, -0.2) is 22.8 Å². The first kappa shape index (κ1) is 12.3. The van der Waals surface area contributed by atoms with Crippen LogP contribution in [0.1, 0.15) is 27.2 Å². The van der Waals surface area contributed by atoms with Crippen LogP contribution in [0, 0.1) is 11.3 Å². The van der Waals surface area contributed by atoms with Crippen molar-refractivity contribution < 1.29 is 9.90 Å². The van der Waals surface area contributed by atoms with Gasteiger partial charge in [0.2, 0.25) is 0 Å². The van der Waals surface area contributed by atoms with E-state index in [4.69, 9.17) is 5.11 Å². The molecule has 74 valence electrons. The van der Waals surface area contributed by atoms with E-state index in [1.165, 1.54) is 0 Å². The van der Waals surface area contributed by atoms with Gasteiger partial charge in [0.15, 0.2) is 0 Å². The summed E-state index contributed by atoms with van der Waals surface area (Å²) in [5, 5.41) is 11.2. The summed E-state index contributed by atoms with van der Waals surface area (Å²) in [6.45, 7) is 5.88. The molecule has 0 bridgehead atoms. The van der Waals surface area contributed by atoms with Gasteiger partial charge in [-0.2, -0.15) is 0 Å². The molecule has 0 fully saturated rings. The Labute approximate surface area is 83.9 Å². The summed E-state index contributed by atoms with van der Waals surface area (Å²) < 4.78 is 0. The zero-order valence-corrected chi connectivity index (χ0v) is 9.02. The number of carbonyl (C=O) groups is 1. The third-order valence-corrected chi connectivity index (χ3v) is 2.00. The van der Waals surface area contributed by atoms with Crippen molar-refractivity contribution in [3.8, 4) is 0 Å². The molecule has 1 unspecified atom stereocenters.